The van der Waals surface area contributed by atoms with Crippen molar-refractivity contribution in [2.45, 2.75) is 32.1 Å². The van der Waals surface area contributed by atoms with Crippen LogP contribution in [0.4, 0.5) is 5.82 Å². The molecule has 0 saturated heterocycles. The summed E-state index contributed by atoms with van der Waals surface area (Å²) in [5, 5.41) is 8.43. The van der Waals surface area contributed by atoms with Crippen molar-refractivity contribution in [2.24, 2.45) is 0 Å². The predicted octanol–water partition coefficient (Wildman–Crippen LogP) is 4.76. The maximum Gasteiger partial charge on any atom is 0.161 e. The number of ketones is 1. The standard InChI is InChI=1S/C25H25N3O3/c1-15-22-23(18-14-17(30-2)12-13-21(18)31-3)24-19(10-7-11-20(24)29)26-25(22)28(27-15)16-8-5-4-6-9-16/h4-6,8-9,12-14,23,26H,7,10-11H2,1-3H3/t23-/m1/s1. The Bertz CT molecular complexity index is 1190. The molecule has 0 amide bonds. The Hall–Kier alpha value is -3.54. The average Bonchev–Trinajstić information content (AvgIpc) is 3.14. The van der Waals surface area contributed by atoms with Crippen LogP contribution in [0, 0.1) is 6.92 Å². The van der Waals surface area contributed by atoms with E-state index in [9.17, 15) is 4.79 Å². The number of rotatable bonds is 4. The molecule has 158 valence electrons. The zero-order valence-electron chi connectivity index (χ0n) is 17.9. The molecule has 1 aliphatic heterocycles. The number of para-hydroxylation sites is 1. The molecule has 1 N–H and O–H groups in total. The van der Waals surface area contributed by atoms with Gasteiger partial charge in [-0.05, 0) is 50.1 Å². The van der Waals surface area contributed by atoms with Crippen molar-refractivity contribution in [3.8, 4) is 17.2 Å². The molecule has 6 heteroatoms. The maximum absolute atomic E-state index is 13.2. The zero-order chi connectivity index (χ0) is 21.5. The lowest BCUT2D eigenvalue weighted by molar-refractivity contribution is -0.116. The molecule has 0 fully saturated rings. The number of hydrogen-bond donors (Lipinski definition) is 1. The molecular weight excluding hydrogens is 390 g/mol. The third-order valence-electron chi connectivity index (χ3n) is 6.16. The van der Waals surface area contributed by atoms with Crippen LogP contribution in [0.3, 0.4) is 0 Å². The lowest BCUT2D eigenvalue weighted by atomic mass is 9.75. The SMILES string of the molecule is COc1ccc(OC)c([C@H]2C3=C(CCCC3=O)Nc3c2c(C)nn3-c2ccccc2)c1. The van der Waals surface area contributed by atoms with Gasteiger partial charge in [0, 0.05) is 34.7 Å². The Balaban J connectivity index is 1.79. The number of nitrogens with zero attached hydrogens (tertiary/aromatic N) is 2. The summed E-state index contributed by atoms with van der Waals surface area (Å²) in [6.45, 7) is 2.00. The molecule has 0 spiro atoms. The van der Waals surface area contributed by atoms with Gasteiger partial charge in [0.15, 0.2) is 5.78 Å². The topological polar surface area (TPSA) is 65.4 Å². The molecule has 0 bridgehead atoms. The van der Waals surface area contributed by atoms with Gasteiger partial charge < -0.3 is 14.8 Å². The number of fused-ring (bicyclic) bond motifs is 1. The van der Waals surface area contributed by atoms with Crippen molar-refractivity contribution in [1.82, 2.24) is 9.78 Å². The number of Topliss-reactive ketones (excluding diaryl/α,β-unsaturated/α-hetero) is 1. The molecule has 2 heterocycles. The molecule has 2 aromatic carbocycles. The van der Waals surface area contributed by atoms with Crippen LogP contribution >= 0.6 is 0 Å². The molecule has 0 saturated carbocycles. The van der Waals surface area contributed by atoms with E-state index in [0.717, 1.165) is 63.9 Å². The quantitative estimate of drug-likeness (QED) is 0.665. The van der Waals surface area contributed by atoms with E-state index in [2.05, 4.69) is 5.32 Å². The molecule has 0 unspecified atom stereocenters. The minimum atomic E-state index is -0.262. The number of carbonyl (C=O) groups excluding carboxylic acids is 1. The van der Waals surface area contributed by atoms with Crippen molar-refractivity contribution < 1.29 is 14.3 Å². The normalized spacial score (nSPS) is 17.6. The van der Waals surface area contributed by atoms with Gasteiger partial charge in [0.1, 0.15) is 17.3 Å². The van der Waals surface area contributed by atoms with Gasteiger partial charge in [0.25, 0.3) is 0 Å². The van der Waals surface area contributed by atoms with Gasteiger partial charge in [-0.25, -0.2) is 4.68 Å². The fourth-order valence-electron chi connectivity index (χ4n) is 4.75. The predicted molar refractivity (Wildman–Crippen MR) is 119 cm³/mol. The number of nitrogens with one attached hydrogen (secondary N) is 1. The molecule has 3 aromatic rings. The maximum atomic E-state index is 13.2. The second-order valence-corrected chi connectivity index (χ2v) is 7.93. The second-order valence-electron chi connectivity index (χ2n) is 7.93. The van der Waals surface area contributed by atoms with Gasteiger partial charge in [0.2, 0.25) is 0 Å². The minimum Gasteiger partial charge on any atom is -0.497 e. The largest absolute Gasteiger partial charge is 0.497 e. The third kappa shape index (κ3) is 3.10. The Kier molecular flexibility index (Phi) is 4.77. The number of benzene rings is 2. The highest BCUT2D eigenvalue weighted by Crippen LogP contribution is 2.49. The molecular formula is C25H25N3O3. The highest BCUT2D eigenvalue weighted by atomic mass is 16.5. The first-order chi connectivity index (χ1) is 15.1. The number of anilines is 1. The van der Waals surface area contributed by atoms with Crippen LogP contribution in [-0.2, 0) is 4.79 Å². The first-order valence-corrected chi connectivity index (χ1v) is 10.5. The van der Waals surface area contributed by atoms with E-state index < -0.39 is 0 Å². The fraction of sp³-hybridized carbons (Fsp3) is 0.280. The van der Waals surface area contributed by atoms with Crippen LogP contribution in [0.5, 0.6) is 11.5 Å². The van der Waals surface area contributed by atoms with E-state index in [4.69, 9.17) is 14.6 Å². The van der Waals surface area contributed by atoms with Gasteiger partial charge >= 0.3 is 0 Å². The summed E-state index contributed by atoms with van der Waals surface area (Å²) in [5.74, 6) is 2.29. The van der Waals surface area contributed by atoms with E-state index in [1.54, 1.807) is 14.2 Å². The van der Waals surface area contributed by atoms with Gasteiger partial charge in [0.05, 0.1) is 25.6 Å². The molecule has 2 aliphatic rings. The summed E-state index contributed by atoms with van der Waals surface area (Å²) >= 11 is 0. The van der Waals surface area contributed by atoms with E-state index in [-0.39, 0.29) is 11.7 Å². The average molecular weight is 415 g/mol. The summed E-state index contributed by atoms with van der Waals surface area (Å²) in [6.07, 6.45) is 2.24. The van der Waals surface area contributed by atoms with Gasteiger partial charge in [-0.1, -0.05) is 18.2 Å². The first kappa shape index (κ1) is 19.4. The minimum absolute atomic E-state index is 0.182. The molecule has 0 radical (unpaired) electrons. The van der Waals surface area contributed by atoms with Crippen molar-refractivity contribution in [1.29, 1.82) is 0 Å². The van der Waals surface area contributed by atoms with E-state index >= 15 is 0 Å². The number of allylic oxidation sites excluding steroid dienone is 2. The van der Waals surface area contributed by atoms with Crippen molar-refractivity contribution >= 4 is 11.6 Å². The Morgan fingerprint density at radius 3 is 2.61 bits per heavy atom. The molecule has 1 aliphatic carbocycles. The van der Waals surface area contributed by atoms with Gasteiger partial charge in [-0.15, -0.1) is 0 Å². The lowest BCUT2D eigenvalue weighted by Crippen LogP contribution is -2.27. The van der Waals surface area contributed by atoms with E-state index in [0.29, 0.717) is 6.42 Å². The Labute approximate surface area is 181 Å². The van der Waals surface area contributed by atoms with Gasteiger partial charge in [-0.3, -0.25) is 4.79 Å². The molecule has 5 rings (SSSR count). The summed E-state index contributed by atoms with van der Waals surface area (Å²) < 4.78 is 13.2. The molecule has 6 nitrogen and oxygen atoms in total. The highest BCUT2D eigenvalue weighted by molar-refractivity contribution is 6.01. The number of aromatic nitrogens is 2. The number of carbonyl (C=O) groups is 1. The summed E-state index contributed by atoms with van der Waals surface area (Å²) in [5.41, 5.74) is 5.58. The van der Waals surface area contributed by atoms with Crippen LogP contribution in [0.2, 0.25) is 0 Å². The van der Waals surface area contributed by atoms with Crippen LogP contribution < -0.4 is 14.8 Å². The van der Waals surface area contributed by atoms with Crippen LogP contribution in [0.1, 0.15) is 42.0 Å². The van der Waals surface area contributed by atoms with Crippen LogP contribution in [0.25, 0.3) is 5.69 Å². The number of aryl methyl sites for hydroxylation is 1. The second kappa shape index (κ2) is 7.61. The monoisotopic (exact) mass is 415 g/mol. The molecule has 1 aromatic heterocycles. The lowest BCUT2D eigenvalue weighted by Gasteiger charge is -2.33. The van der Waals surface area contributed by atoms with Crippen molar-refractivity contribution in [3.05, 3.63) is 76.6 Å². The molecule has 1 atom stereocenters. The fourth-order valence-corrected chi connectivity index (χ4v) is 4.75. The highest BCUT2D eigenvalue weighted by Gasteiger charge is 2.40. The number of ether oxygens (including phenoxy) is 2. The first-order valence-electron chi connectivity index (χ1n) is 10.5. The van der Waals surface area contributed by atoms with E-state index in [1.165, 1.54) is 0 Å². The smallest absolute Gasteiger partial charge is 0.161 e. The number of methoxy groups -OCH3 is 2. The van der Waals surface area contributed by atoms with Crippen molar-refractivity contribution in [3.63, 3.8) is 0 Å². The summed E-state index contributed by atoms with van der Waals surface area (Å²) in [6, 6.07) is 15.8. The van der Waals surface area contributed by atoms with E-state index in [1.807, 2.05) is 60.1 Å². The van der Waals surface area contributed by atoms with Crippen molar-refractivity contribution in [2.75, 3.05) is 19.5 Å². The summed E-state index contributed by atoms with van der Waals surface area (Å²) in [7, 11) is 3.31. The Morgan fingerprint density at radius 2 is 1.87 bits per heavy atom. The Morgan fingerprint density at radius 1 is 1.06 bits per heavy atom. The molecule has 31 heavy (non-hydrogen) atoms. The number of hydrogen-bond acceptors (Lipinski definition) is 5. The van der Waals surface area contributed by atoms with Crippen LogP contribution in [0.15, 0.2) is 59.8 Å². The van der Waals surface area contributed by atoms with Crippen LogP contribution in [-0.4, -0.2) is 29.8 Å². The zero-order valence-corrected chi connectivity index (χ0v) is 17.9. The van der Waals surface area contributed by atoms with Gasteiger partial charge in [-0.2, -0.15) is 5.10 Å². The third-order valence-corrected chi connectivity index (χ3v) is 6.16. The summed E-state index contributed by atoms with van der Waals surface area (Å²) in [4.78, 5) is 13.2.